The zero-order chi connectivity index (χ0) is 46.6. The number of benzene rings is 2. The van der Waals surface area contributed by atoms with E-state index in [-0.39, 0.29) is 72.4 Å². The number of nitrogens with one attached hydrogen (secondary N) is 1. The lowest BCUT2D eigenvalue weighted by molar-refractivity contribution is -0.107. The van der Waals surface area contributed by atoms with Crippen molar-refractivity contribution in [2.24, 2.45) is 5.73 Å². The summed E-state index contributed by atoms with van der Waals surface area (Å²) in [5, 5.41) is 24.1. The van der Waals surface area contributed by atoms with E-state index in [1.54, 1.807) is 24.3 Å². The maximum absolute atomic E-state index is 12.7. The lowest BCUT2D eigenvalue weighted by Gasteiger charge is -2.26. The summed E-state index contributed by atoms with van der Waals surface area (Å²) in [6, 6.07) is 13.8. The number of ether oxygens (including phenoxy) is 8. The van der Waals surface area contributed by atoms with Gasteiger partial charge in [0.05, 0.1) is 108 Å². The molecule has 14 nitrogen and oxygen atoms in total. The fraction of sp³-hybridized carbons (Fsp3) is 0.708. The van der Waals surface area contributed by atoms with Crippen LogP contribution in [0.15, 0.2) is 48.5 Å². The van der Waals surface area contributed by atoms with Gasteiger partial charge in [0.15, 0.2) is 11.6 Å². The van der Waals surface area contributed by atoms with Crippen LogP contribution in [-0.4, -0.2) is 147 Å². The van der Waals surface area contributed by atoms with Gasteiger partial charge in [0.1, 0.15) is 11.2 Å². The average molecular weight is 877 g/mol. The molecule has 0 aliphatic carbocycles. The summed E-state index contributed by atoms with van der Waals surface area (Å²) in [7, 11) is 0. The molecule has 2 rings (SSSR count). The summed E-state index contributed by atoms with van der Waals surface area (Å²) in [6.45, 7) is 27.4. The van der Waals surface area contributed by atoms with E-state index in [4.69, 9.17) is 43.6 Å². The first-order valence-corrected chi connectivity index (χ1v) is 22.1. The van der Waals surface area contributed by atoms with E-state index in [1.165, 1.54) is 27.7 Å². The predicted octanol–water partition coefficient (Wildman–Crippen LogP) is 5.86. The molecular formula is C48H80N2O12. The molecule has 9 unspecified atom stereocenters. The maximum Gasteiger partial charge on any atom is 0.193 e. The first-order chi connectivity index (χ1) is 29.0. The average Bonchev–Trinajstić information content (AvgIpc) is 3.21. The summed E-state index contributed by atoms with van der Waals surface area (Å²) in [5.74, 6) is -0.740. The van der Waals surface area contributed by atoms with E-state index >= 15 is 0 Å². The van der Waals surface area contributed by atoms with Crippen molar-refractivity contribution < 1.29 is 57.7 Å². The van der Waals surface area contributed by atoms with Gasteiger partial charge in [-0.15, -0.1) is 0 Å². The Morgan fingerprint density at radius 2 is 0.758 bits per heavy atom. The largest absolute Gasteiger partial charge is 0.382 e. The summed E-state index contributed by atoms with van der Waals surface area (Å²) in [6.07, 6.45) is -0.761. The number of rotatable bonds is 33. The maximum atomic E-state index is 12.7. The Labute approximate surface area is 371 Å². The lowest BCUT2D eigenvalue weighted by atomic mass is 9.91. The molecule has 0 spiro atoms. The van der Waals surface area contributed by atoms with Gasteiger partial charge < -0.3 is 59.2 Å². The normalized spacial score (nSPS) is 16.9. The smallest absolute Gasteiger partial charge is 0.193 e. The van der Waals surface area contributed by atoms with Gasteiger partial charge in [-0.05, 0) is 101 Å². The van der Waals surface area contributed by atoms with E-state index in [0.717, 1.165) is 11.1 Å². The van der Waals surface area contributed by atoms with Crippen LogP contribution in [0.2, 0.25) is 0 Å². The number of hydrogen-bond acceptors (Lipinski definition) is 14. The second-order valence-corrected chi connectivity index (χ2v) is 18.0. The highest BCUT2D eigenvalue weighted by Gasteiger charge is 2.27. The second kappa shape index (κ2) is 27.6. The molecule has 2 aromatic carbocycles. The molecule has 0 heterocycles. The quantitative estimate of drug-likeness (QED) is 0.0625. The van der Waals surface area contributed by atoms with Gasteiger partial charge in [-0.25, -0.2) is 0 Å². The van der Waals surface area contributed by atoms with Crippen molar-refractivity contribution in [2.45, 2.75) is 162 Å². The first kappa shape index (κ1) is 55.4. The summed E-state index contributed by atoms with van der Waals surface area (Å²) >= 11 is 0. The number of nitrogens with two attached hydrogens (primary N) is 1. The van der Waals surface area contributed by atoms with Crippen molar-refractivity contribution in [3.63, 3.8) is 0 Å². The minimum absolute atomic E-state index is 0.00345. The SMILES string of the molecule is CC(N)COC(C)COC(C)COC(C)COC(C)COC(C)COC(C)COC(C)COCC(C)NC(c1ccc(C(=O)C(C)(C)O)cc1)c1ccc(C(=O)C(C)(C)O)cc1. The summed E-state index contributed by atoms with van der Waals surface area (Å²) in [4.78, 5) is 25.3. The Bertz CT molecular complexity index is 1470. The van der Waals surface area contributed by atoms with E-state index in [2.05, 4.69) is 5.32 Å². The van der Waals surface area contributed by atoms with Crippen molar-refractivity contribution >= 4 is 11.6 Å². The van der Waals surface area contributed by atoms with Gasteiger partial charge in [0.2, 0.25) is 0 Å². The molecule has 5 N–H and O–H groups in total. The lowest BCUT2D eigenvalue weighted by Crippen LogP contribution is -2.36. The summed E-state index contributed by atoms with van der Waals surface area (Å²) < 4.78 is 47.3. The van der Waals surface area contributed by atoms with E-state index in [0.29, 0.717) is 70.6 Å². The molecule has 0 radical (unpaired) electrons. The van der Waals surface area contributed by atoms with Crippen LogP contribution in [0.5, 0.6) is 0 Å². The third-order valence-corrected chi connectivity index (χ3v) is 9.63. The van der Waals surface area contributed by atoms with Crippen LogP contribution in [0.1, 0.15) is 128 Å². The number of carbonyl (C=O) groups excluding carboxylic acids is 2. The molecule has 62 heavy (non-hydrogen) atoms. The number of ketones is 2. The number of Topliss-reactive ketones (excluding diaryl/α,β-unsaturated/α-hetero) is 2. The zero-order valence-electron chi connectivity index (χ0n) is 39.8. The van der Waals surface area contributed by atoms with Gasteiger partial charge in [0.25, 0.3) is 0 Å². The van der Waals surface area contributed by atoms with Crippen molar-refractivity contribution in [2.75, 3.05) is 59.5 Å². The van der Waals surface area contributed by atoms with Crippen LogP contribution >= 0.6 is 0 Å². The number of hydrogen-bond donors (Lipinski definition) is 4. The van der Waals surface area contributed by atoms with Crippen LogP contribution in [0, 0.1) is 0 Å². The molecule has 354 valence electrons. The highest BCUT2D eigenvalue weighted by atomic mass is 16.6. The van der Waals surface area contributed by atoms with Crippen molar-refractivity contribution in [1.82, 2.24) is 5.32 Å². The number of aliphatic hydroxyl groups is 2. The van der Waals surface area contributed by atoms with Crippen molar-refractivity contribution in [3.05, 3.63) is 70.8 Å². The third kappa shape index (κ3) is 22.3. The highest BCUT2D eigenvalue weighted by Crippen LogP contribution is 2.26. The first-order valence-electron chi connectivity index (χ1n) is 22.1. The third-order valence-electron chi connectivity index (χ3n) is 9.63. The van der Waals surface area contributed by atoms with Crippen LogP contribution in [-0.2, 0) is 37.9 Å². The van der Waals surface area contributed by atoms with Crippen LogP contribution < -0.4 is 11.1 Å². The molecule has 0 aromatic heterocycles. The Hall–Kier alpha value is -2.70. The molecular weight excluding hydrogens is 797 g/mol. The molecule has 9 atom stereocenters. The molecule has 2 aromatic rings. The molecule has 0 saturated carbocycles. The van der Waals surface area contributed by atoms with Crippen molar-refractivity contribution in [3.8, 4) is 0 Å². The molecule has 0 bridgehead atoms. The van der Waals surface area contributed by atoms with Crippen LogP contribution in [0.3, 0.4) is 0 Å². The Balaban J connectivity index is 1.74. The van der Waals surface area contributed by atoms with Gasteiger partial charge in [-0.1, -0.05) is 48.5 Å². The van der Waals surface area contributed by atoms with Gasteiger partial charge in [-0.2, -0.15) is 0 Å². The molecule has 0 aliphatic heterocycles. The molecule has 0 saturated heterocycles. The minimum Gasteiger partial charge on any atom is -0.382 e. The monoisotopic (exact) mass is 877 g/mol. The van der Waals surface area contributed by atoms with E-state index in [9.17, 15) is 19.8 Å². The Morgan fingerprint density at radius 3 is 1.03 bits per heavy atom. The molecule has 14 heteroatoms. The Morgan fingerprint density at radius 1 is 0.484 bits per heavy atom. The molecule has 0 amide bonds. The standard InChI is InChI=1S/C48H80N2O12/c1-31(49)22-56-34(4)25-58-36(6)27-60-38(8)29-62-39(9)30-61-37(7)28-59-35(5)26-57-33(3)24-55-23-32(2)50-44(40-14-18-42(19-15-40)45(51)47(10,11)53)41-16-20-43(21-17-41)46(52)48(12,13)54/h14-21,31-39,44,50,53-54H,22-30,49H2,1-13H3. The van der Waals surface area contributed by atoms with Gasteiger partial charge in [-0.3, -0.25) is 9.59 Å². The minimum atomic E-state index is -1.49. The van der Waals surface area contributed by atoms with E-state index in [1.807, 2.05) is 86.6 Å². The second-order valence-electron chi connectivity index (χ2n) is 18.0. The predicted molar refractivity (Wildman–Crippen MR) is 241 cm³/mol. The highest BCUT2D eigenvalue weighted by molar-refractivity contribution is 6.02. The fourth-order valence-corrected chi connectivity index (χ4v) is 5.94. The summed E-state index contributed by atoms with van der Waals surface area (Å²) in [5.41, 5.74) is 5.33. The van der Waals surface area contributed by atoms with Crippen molar-refractivity contribution in [1.29, 1.82) is 0 Å². The topological polar surface area (TPSA) is 186 Å². The van der Waals surface area contributed by atoms with Gasteiger partial charge in [0, 0.05) is 23.2 Å². The van der Waals surface area contributed by atoms with E-state index < -0.39 is 11.2 Å². The zero-order valence-corrected chi connectivity index (χ0v) is 39.8. The van der Waals surface area contributed by atoms with Crippen LogP contribution in [0.4, 0.5) is 0 Å². The molecule has 0 aliphatic rings. The number of carbonyl (C=O) groups is 2. The fourth-order valence-electron chi connectivity index (χ4n) is 5.94. The Kier molecular flexibility index (Phi) is 24.7. The molecule has 0 fully saturated rings. The van der Waals surface area contributed by atoms with Crippen LogP contribution in [0.25, 0.3) is 0 Å². The van der Waals surface area contributed by atoms with Gasteiger partial charge >= 0.3 is 0 Å².